The van der Waals surface area contributed by atoms with E-state index in [4.69, 9.17) is 4.74 Å². The van der Waals surface area contributed by atoms with Crippen molar-refractivity contribution in [3.8, 4) is 0 Å². The molecule has 21 heavy (non-hydrogen) atoms. The molecule has 0 aromatic heterocycles. The van der Waals surface area contributed by atoms with Crippen LogP contribution in [0.4, 0.5) is 0 Å². The molecule has 2 nitrogen and oxygen atoms in total. The van der Waals surface area contributed by atoms with Crippen LogP contribution in [0.25, 0.3) is 5.57 Å². The molecule has 1 atom stereocenters. The minimum Gasteiger partial charge on any atom is -0.461 e. The van der Waals surface area contributed by atoms with E-state index in [9.17, 15) is 4.79 Å². The molecular formula is C19H20O2. The van der Waals surface area contributed by atoms with Crippen molar-refractivity contribution in [2.75, 3.05) is 6.61 Å². The Morgan fingerprint density at radius 3 is 2.90 bits per heavy atom. The number of esters is 1. The van der Waals surface area contributed by atoms with Crippen molar-refractivity contribution < 1.29 is 9.53 Å². The normalized spacial score (nSPS) is 19.5. The van der Waals surface area contributed by atoms with Gasteiger partial charge in [-0.1, -0.05) is 62.4 Å². The van der Waals surface area contributed by atoms with Crippen molar-refractivity contribution in [2.45, 2.75) is 20.3 Å². The van der Waals surface area contributed by atoms with Gasteiger partial charge in [0.15, 0.2) is 0 Å². The summed E-state index contributed by atoms with van der Waals surface area (Å²) in [6.45, 7) is 4.08. The number of carbonyl (C=O) groups excluding carboxylic acids is 1. The molecule has 0 N–H and O–H groups in total. The van der Waals surface area contributed by atoms with Gasteiger partial charge < -0.3 is 4.74 Å². The number of fused-ring (bicyclic) bond motifs is 2. The minimum absolute atomic E-state index is 0.0907. The van der Waals surface area contributed by atoms with Gasteiger partial charge in [0, 0.05) is 11.5 Å². The lowest BCUT2D eigenvalue weighted by atomic mass is 9.77. The molecule has 3 rings (SSSR count). The molecule has 0 saturated heterocycles. The Balaban J connectivity index is 1.96. The van der Waals surface area contributed by atoms with Gasteiger partial charge in [0.05, 0.1) is 5.92 Å². The third-order valence-electron chi connectivity index (χ3n) is 4.09. The third kappa shape index (κ3) is 2.71. The molecule has 0 radical (unpaired) electrons. The molecule has 0 aliphatic heterocycles. The van der Waals surface area contributed by atoms with Crippen LogP contribution in [-0.4, -0.2) is 12.6 Å². The van der Waals surface area contributed by atoms with Crippen LogP contribution in [0.2, 0.25) is 0 Å². The average molecular weight is 280 g/mol. The summed E-state index contributed by atoms with van der Waals surface area (Å²) in [7, 11) is 0. The first-order valence-corrected chi connectivity index (χ1v) is 7.49. The molecule has 0 amide bonds. The van der Waals surface area contributed by atoms with Crippen LogP contribution in [0.1, 0.15) is 25.0 Å². The quantitative estimate of drug-likeness (QED) is 0.784. The van der Waals surface area contributed by atoms with Gasteiger partial charge in [0.1, 0.15) is 6.61 Å². The molecule has 0 fully saturated rings. The van der Waals surface area contributed by atoms with Crippen LogP contribution in [-0.2, 0) is 16.0 Å². The summed E-state index contributed by atoms with van der Waals surface area (Å²) in [4.78, 5) is 11.8. The summed E-state index contributed by atoms with van der Waals surface area (Å²) >= 11 is 0. The monoisotopic (exact) mass is 280 g/mol. The van der Waals surface area contributed by atoms with E-state index in [0.717, 1.165) is 12.0 Å². The highest BCUT2D eigenvalue weighted by molar-refractivity contribution is 5.80. The molecule has 0 spiro atoms. The number of carbonyl (C=O) groups is 1. The fraction of sp³-hybridized carbons (Fsp3) is 0.316. The number of allylic oxidation sites excluding steroid dienone is 5. The molecule has 1 aromatic carbocycles. The Morgan fingerprint density at radius 1 is 1.29 bits per heavy atom. The zero-order chi connectivity index (χ0) is 14.8. The van der Waals surface area contributed by atoms with Crippen LogP contribution in [0.15, 0.2) is 54.1 Å². The van der Waals surface area contributed by atoms with Crippen LogP contribution in [0, 0.1) is 11.8 Å². The Bertz CT molecular complexity index is 647. The first-order valence-electron chi connectivity index (χ1n) is 7.49. The highest BCUT2D eigenvalue weighted by Crippen LogP contribution is 2.37. The molecule has 2 heteroatoms. The van der Waals surface area contributed by atoms with Gasteiger partial charge in [-0.15, -0.1) is 0 Å². The minimum atomic E-state index is -0.141. The summed E-state index contributed by atoms with van der Waals surface area (Å²) in [5.74, 6) is 0.169. The van der Waals surface area contributed by atoms with E-state index in [2.05, 4.69) is 42.5 Å². The SMILES string of the molecule is CC(C)C(=O)OCC1=C2C=CC=CC2Cc2ccccc21. The average Bonchev–Trinajstić information content (AvgIpc) is 2.51. The van der Waals surface area contributed by atoms with E-state index in [1.54, 1.807) is 0 Å². The first-order chi connectivity index (χ1) is 10.2. The molecule has 2 aliphatic carbocycles. The number of hydrogen-bond donors (Lipinski definition) is 0. The zero-order valence-corrected chi connectivity index (χ0v) is 12.5. The van der Waals surface area contributed by atoms with Crippen molar-refractivity contribution in [1.29, 1.82) is 0 Å². The van der Waals surface area contributed by atoms with E-state index in [1.165, 1.54) is 16.7 Å². The summed E-state index contributed by atoms with van der Waals surface area (Å²) in [5, 5.41) is 0. The van der Waals surface area contributed by atoms with Crippen LogP contribution < -0.4 is 0 Å². The summed E-state index contributed by atoms with van der Waals surface area (Å²) < 4.78 is 5.49. The van der Waals surface area contributed by atoms with Crippen LogP contribution in [0.5, 0.6) is 0 Å². The van der Waals surface area contributed by atoms with Gasteiger partial charge in [-0.3, -0.25) is 4.79 Å². The zero-order valence-electron chi connectivity index (χ0n) is 12.5. The highest BCUT2D eigenvalue weighted by atomic mass is 16.5. The van der Waals surface area contributed by atoms with E-state index in [-0.39, 0.29) is 11.9 Å². The standard InChI is InChI=1S/C19H20O2/c1-13(2)19(20)21-12-18-16-9-5-3-7-14(16)11-15-8-4-6-10-17(15)18/h3-10,13-14H,11-12H2,1-2H3. The smallest absolute Gasteiger partial charge is 0.308 e. The van der Waals surface area contributed by atoms with Gasteiger partial charge >= 0.3 is 5.97 Å². The number of ether oxygens (including phenoxy) is 1. The van der Waals surface area contributed by atoms with Crippen molar-refractivity contribution in [3.05, 3.63) is 65.3 Å². The number of rotatable bonds is 3. The molecule has 0 bridgehead atoms. The maximum absolute atomic E-state index is 11.8. The second-order valence-electron chi connectivity index (χ2n) is 5.91. The van der Waals surface area contributed by atoms with Crippen molar-refractivity contribution in [2.24, 2.45) is 11.8 Å². The lowest BCUT2D eigenvalue weighted by Crippen LogP contribution is -2.20. The van der Waals surface area contributed by atoms with E-state index < -0.39 is 0 Å². The Kier molecular flexibility index (Phi) is 3.78. The third-order valence-corrected chi connectivity index (χ3v) is 4.09. The Hall–Kier alpha value is -2.09. The summed E-state index contributed by atoms with van der Waals surface area (Å²) in [6.07, 6.45) is 9.56. The molecule has 0 heterocycles. The van der Waals surface area contributed by atoms with Gasteiger partial charge in [-0.25, -0.2) is 0 Å². The lowest BCUT2D eigenvalue weighted by molar-refractivity contribution is -0.145. The first kappa shape index (κ1) is 13.9. The highest BCUT2D eigenvalue weighted by Gasteiger charge is 2.25. The number of hydrogen-bond acceptors (Lipinski definition) is 2. The predicted molar refractivity (Wildman–Crippen MR) is 84.6 cm³/mol. The van der Waals surface area contributed by atoms with Crippen molar-refractivity contribution >= 4 is 11.5 Å². The second-order valence-corrected chi connectivity index (χ2v) is 5.91. The largest absolute Gasteiger partial charge is 0.461 e. The molecular weight excluding hydrogens is 260 g/mol. The maximum atomic E-state index is 11.8. The van der Waals surface area contributed by atoms with E-state index in [0.29, 0.717) is 12.5 Å². The summed E-state index contributed by atoms with van der Waals surface area (Å²) in [5.41, 5.74) is 4.99. The molecule has 2 aliphatic rings. The fourth-order valence-electron chi connectivity index (χ4n) is 2.94. The molecule has 1 aromatic rings. The van der Waals surface area contributed by atoms with Gasteiger partial charge in [-0.2, -0.15) is 0 Å². The van der Waals surface area contributed by atoms with Crippen molar-refractivity contribution in [1.82, 2.24) is 0 Å². The van der Waals surface area contributed by atoms with E-state index in [1.807, 2.05) is 19.9 Å². The maximum Gasteiger partial charge on any atom is 0.308 e. The Morgan fingerprint density at radius 2 is 2.10 bits per heavy atom. The number of benzene rings is 1. The topological polar surface area (TPSA) is 26.3 Å². The Labute approximate surface area is 125 Å². The second kappa shape index (κ2) is 5.72. The molecule has 1 unspecified atom stereocenters. The summed E-state index contributed by atoms with van der Waals surface area (Å²) in [6, 6.07) is 8.42. The fourth-order valence-corrected chi connectivity index (χ4v) is 2.94. The predicted octanol–water partition coefficient (Wildman–Crippen LogP) is 3.94. The van der Waals surface area contributed by atoms with E-state index >= 15 is 0 Å². The van der Waals surface area contributed by atoms with Crippen LogP contribution >= 0.6 is 0 Å². The molecule has 108 valence electrons. The van der Waals surface area contributed by atoms with Crippen LogP contribution in [0.3, 0.4) is 0 Å². The lowest BCUT2D eigenvalue weighted by Gasteiger charge is -2.29. The van der Waals surface area contributed by atoms with Gasteiger partial charge in [0.2, 0.25) is 0 Å². The van der Waals surface area contributed by atoms with Gasteiger partial charge in [0.25, 0.3) is 0 Å². The van der Waals surface area contributed by atoms with Gasteiger partial charge in [-0.05, 0) is 23.1 Å². The van der Waals surface area contributed by atoms with Crippen molar-refractivity contribution in [3.63, 3.8) is 0 Å². The molecule has 0 saturated carbocycles.